The molecular formula is C29H23FN2O5. The van der Waals surface area contributed by atoms with E-state index in [0.29, 0.717) is 29.7 Å². The molecule has 1 N–H and O–H groups in total. The van der Waals surface area contributed by atoms with Gasteiger partial charge in [0.05, 0.1) is 5.52 Å². The van der Waals surface area contributed by atoms with Crippen LogP contribution in [0.1, 0.15) is 45.9 Å². The van der Waals surface area contributed by atoms with Crippen molar-refractivity contribution in [2.24, 2.45) is 0 Å². The minimum absolute atomic E-state index is 0.0570. The van der Waals surface area contributed by atoms with E-state index in [4.69, 9.17) is 4.74 Å². The van der Waals surface area contributed by atoms with E-state index in [1.54, 1.807) is 21.6 Å². The fourth-order valence-electron chi connectivity index (χ4n) is 4.90. The van der Waals surface area contributed by atoms with Crippen molar-refractivity contribution in [3.05, 3.63) is 105 Å². The Balaban J connectivity index is 1.30. The molecule has 2 heterocycles. The summed E-state index contributed by atoms with van der Waals surface area (Å²) in [6.07, 6.45) is 2.70. The zero-order valence-electron chi connectivity index (χ0n) is 19.8. The minimum atomic E-state index is -1.32. The molecule has 8 heteroatoms. The number of aromatic nitrogens is 1. The van der Waals surface area contributed by atoms with Crippen molar-refractivity contribution in [1.29, 1.82) is 0 Å². The maximum atomic E-state index is 15.3. The van der Waals surface area contributed by atoms with E-state index in [9.17, 15) is 19.5 Å². The van der Waals surface area contributed by atoms with Crippen molar-refractivity contribution >= 4 is 23.0 Å². The van der Waals surface area contributed by atoms with Gasteiger partial charge >= 0.3 is 12.1 Å². The fourth-order valence-corrected chi connectivity index (χ4v) is 4.90. The Morgan fingerprint density at radius 2 is 1.76 bits per heavy atom. The van der Waals surface area contributed by atoms with Crippen LogP contribution in [-0.2, 0) is 24.4 Å². The highest BCUT2D eigenvalue weighted by Gasteiger charge is 2.28. The molecule has 2 aliphatic rings. The molecule has 37 heavy (non-hydrogen) atoms. The topological polar surface area (TPSA) is 88.8 Å². The SMILES string of the molecule is O=C(O)c1cn(C2CC2)c2cc(-c3ccc4c(c3)CN(C(=O)OCc3ccccc3)C4)c(F)cc2c1=O. The van der Waals surface area contributed by atoms with Gasteiger partial charge in [-0.1, -0.05) is 42.5 Å². The molecular weight excluding hydrogens is 475 g/mol. The summed E-state index contributed by atoms with van der Waals surface area (Å²) in [6, 6.07) is 17.8. The van der Waals surface area contributed by atoms with Crippen molar-refractivity contribution in [1.82, 2.24) is 9.47 Å². The molecule has 6 rings (SSSR count). The molecule has 1 aliphatic carbocycles. The first-order chi connectivity index (χ1) is 17.9. The van der Waals surface area contributed by atoms with E-state index in [1.807, 2.05) is 42.5 Å². The van der Waals surface area contributed by atoms with Crippen molar-refractivity contribution < 1.29 is 23.8 Å². The number of rotatable bonds is 5. The van der Waals surface area contributed by atoms with Gasteiger partial charge < -0.3 is 14.4 Å². The highest BCUT2D eigenvalue weighted by molar-refractivity contribution is 5.94. The first-order valence-corrected chi connectivity index (χ1v) is 12.1. The maximum absolute atomic E-state index is 15.3. The Morgan fingerprint density at radius 1 is 1.00 bits per heavy atom. The molecule has 0 radical (unpaired) electrons. The van der Waals surface area contributed by atoms with Gasteiger partial charge in [-0.05, 0) is 53.3 Å². The Morgan fingerprint density at radius 3 is 2.49 bits per heavy atom. The molecule has 1 saturated carbocycles. The molecule has 0 atom stereocenters. The molecule has 0 unspecified atom stereocenters. The summed E-state index contributed by atoms with van der Waals surface area (Å²) in [6.45, 7) is 0.940. The quantitative estimate of drug-likeness (QED) is 0.393. The van der Waals surface area contributed by atoms with E-state index in [-0.39, 0.29) is 23.6 Å². The lowest BCUT2D eigenvalue weighted by Gasteiger charge is -2.15. The number of amides is 1. The first-order valence-electron chi connectivity index (χ1n) is 12.1. The maximum Gasteiger partial charge on any atom is 0.410 e. The molecule has 186 valence electrons. The Hall–Kier alpha value is -4.46. The summed E-state index contributed by atoms with van der Waals surface area (Å²) >= 11 is 0. The fraction of sp³-hybridized carbons (Fsp3) is 0.207. The number of carboxylic acid groups (broad SMARTS) is 1. The van der Waals surface area contributed by atoms with Crippen LogP contribution in [-0.4, -0.2) is 26.6 Å². The van der Waals surface area contributed by atoms with E-state index in [2.05, 4.69) is 0 Å². The van der Waals surface area contributed by atoms with Crippen LogP contribution in [0.15, 0.2) is 71.7 Å². The number of fused-ring (bicyclic) bond motifs is 2. The molecule has 1 fully saturated rings. The average Bonchev–Trinajstić information content (AvgIpc) is 3.65. The van der Waals surface area contributed by atoms with Crippen molar-refractivity contribution in [3.63, 3.8) is 0 Å². The van der Waals surface area contributed by atoms with Gasteiger partial charge in [0.2, 0.25) is 5.43 Å². The molecule has 0 spiro atoms. The second-order valence-corrected chi connectivity index (χ2v) is 9.54. The summed E-state index contributed by atoms with van der Waals surface area (Å²) in [5, 5.41) is 9.51. The van der Waals surface area contributed by atoms with E-state index in [0.717, 1.165) is 35.6 Å². The summed E-state index contributed by atoms with van der Waals surface area (Å²) in [5.41, 5.74) is 3.16. The van der Waals surface area contributed by atoms with E-state index < -0.39 is 23.3 Å². The number of ether oxygens (including phenoxy) is 1. The highest BCUT2D eigenvalue weighted by Crippen LogP contribution is 2.38. The van der Waals surface area contributed by atoms with Crippen LogP contribution in [0.25, 0.3) is 22.0 Å². The first kappa shape index (κ1) is 23.0. The number of halogens is 1. The van der Waals surface area contributed by atoms with E-state index >= 15 is 4.39 Å². The molecule has 1 amide bonds. The lowest BCUT2D eigenvalue weighted by molar-refractivity contribution is 0.0694. The van der Waals surface area contributed by atoms with E-state index in [1.165, 1.54) is 6.20 Å². The molecule has 0 bridgehead atoms. The lowest BCUT2D eigenvalue weighted by atomic mass is 9.98. The van der Waals surface area contributed by atoms with Crippen LogP contribution < -0.4 is 5.43 Å². The Labute approximate surface area is 211 Å². The second-order valence-electron chi connectivity index (χ2n) is 9.54. The van der Waals surface area contributed by atoms with Crippen LogP contribution in [0.5, 0.6) is 0 Å². The normalized spacial score (nSPS) is 14.6. The third-order valence-corrected chi connectivity index (χ3v) is 6.99. The molecule has 0 saturated heterocycles. The van der Waals surface area contributed by atoms with Crippen LogP contribution in [0.4, 0.5) is 9.18 Å². The molecule has 1 aromatic heterocycles. The minimum Gasteiger partial charge on any atom is -0.477 e. The number of carboxylic acids is 1. The van der Waals surface area contributed by atoms with Crippen molar-refractivity contribution in [2.45, 2.75) is 38.6 Å². The van der Waals surface area contributed by atoms with Gasteiger partial charge in [-0.3, -0.25) is 9.69 Å². The predicted octanol–water partition coefficient (Wildman–Crippen LogP) is 5.49. The van der Waals surface area contributed by atoms with Crippen LogP contribution in [0, 0.1) is 5.82 Å². The predicted molar refractivity (Wildman–Crippen MR) is 135 cm³/mol. The third-order valence-electron chi connectivity index (χ3n) is 6.99. The Bertz CT molecular complexity index is 1630. The summed E-state index contributed by atoms with van der Waals surface area (Å²) in [5.74, 6) is -1.93. The van der Waals surface area contributed by atoms with Crippen LogP contribution in [0.3, 0.4) is 0 Å². The van der Waals surface area contributed by atoms with Crippen molar-refractivity contribution in [2.75, 3.05) is 0 Å². The van der Waals surface area contributed by atoms with Crippen LogP contribution >= 0.6 is 0 Å². The summed E-state index contributed by atoms with van der Waals surface area (Å²) < 4.78 is 22.5. The smallest absolute Gasteiger partial charge is 0.410 e. The number of hydrogen-bond acceptors (Lipinski definition) is 4. The number of hydrogen-bond donors (Lipinski definition) is 1. The monoisotopic (exact) mass is 498 g/mol. The molecule has 7 nitrogen and oxygen atoms in total. The van der Waals surface area contributed by atoms with Crippen LogP contribution in [0.2, 0.25) is 0 Å². The van der Waals surface area contributed by atoms with Gasteiger partial charge in [0.1, 0.15) is 18.0 Å². The number of pyridine rings is 1. The standard InChI is InChI=1S/C29H23FN2O5/c30-25-11-23-26(32(21-8-9-21)15-24(27(23)33)28(34)35)12-22(25)18-6-7-19-13-31(14-20(19)10-18)29(36)37-16-17-4-2-1-3-5-17/h1-7,10-12,15,21H,8-9,13-14,16H2,(H,34,35). The van der Waals surface area contributed by atoms with Gasteiger partial charge in [0.15, 0.2) is 0 Å². The molecule has 3 aromatic carbocycles. The zero-order valence-corrected chi connectivity index (χ0v) is 19.8. The van der Waals surface area contributed by atoms with Gasteiger partial charge in [-0.25, -0.2) is 14.0 Å². The number of benzene rings is 3. The largest absolute Gasteiger partial charge is 0.477 e. The number of aromatic carboxylic acids is 1. The van der Waals surface area contributed by atoms with Gasteiger partial charge in [-0.15, -0.1) is 0 Å². The zero-order chi connectivity index (χ0) is 25.7. The summed E-state index contributed by atoms with van der Waals surface area (Å²) in [4.78, 5) is 38.6. The highest BCUT2D eigenvalue weighted by atomic mass is 19.1. The Kier molecular flexibility index (Phi) is 5.52. The lowest BCUT2D eigenvalue weighted by Crippen LogP contribution is -2.25. The second kappa shape index (κ2) is 8.89. The van der Waals surface area contributed by atoms with Gasteiger partial charge in [-0.2, -0.15) is 0 Å². The van der Waals surface area contributed by atoms with Crippen molar-refractivity contribution in [3.8, 4) is 11.1 Å². The average molecular weight is 499 g/mol. The third kappa shape index (κ3) is 4.24. The summed E-state index contributed by atoms with van der Waals surface area (Å²) in [7, 11) is 0. The number of carbonyl (C=O) groups excluding carboxylic acids is 1. The number of carbonyl (C=O) groups is 2. The molecule has 1 aliphatic heterocycles. The number of nitrogens with zero attached hydrogens (tertiary/aromatic N) is 2. The van der Waals surface area contributed by atoms with Gasteiger partial charge in [0, 0.05) is 36.3 Å². The van der Waals surface area contributed by atoms with Gasteiger partial charge in [0.25, 0.3) is 0 Å². The molecule has 4 aromatic rings.